The number of nitrogens with zero attached hydrogens (tertiary/aromatic N) is 2. The Labute approximate surface area is 150 Å². The van der Waals surface area contributed by atoms with Crippen molar-refractivity contribution < 1.29 is 24.0 Å². The number of esters is 1. The molecule has 1 aromatic rings. The zero-order valence-electron chi connectivity index (χ0n) is 14.9. The summed E-state index contributed by atoms with van der Waals surface area (Å²) in [4.78, 5) is 36.7. The van der Waals surface area contributed by atoms with Crippen LogP contribution in [0.5, 0.6) is 0 Å². The topological polar surface area (TPSA) is 111 Å². The van der Waals surface area contributed by atoms with E-state index < -0.39 is 16.9 Å². The molecule has 140 valence electrons. The molecular formula is C17H21N3O6. The number of methoxy groups -OCH3 is 1. The number of allylic oxidation sites excluding steroid dienone is 1. The monoisotopic (exact) mass is 363 g/mol. The molecule has 1 aliphatic heterocycles. The van der Waals surface area contributed by atoms with E-state index in [0.29, 0.717) is 17.8 Å². The van der Waals surface area contributed by atoms with Crippen molar-refractivity contribution in [3.8, 4) is 0 Å². The lowest BCUT2D eigenvalue weighted by molar-refractivity contribution is -0.384. The highest BCUT2D eigenvalue weighted by molar-refractivity contribution is 5.95. The van der Waals surface area contributed by atoms with Crippen LogP contribution in [-0.4, -0.2) is 48.7 Å². The smallest absolute Gasteiger partial charge is 0.338 e. The number of nitro groups is 1. The fraction of sp³-hybridized carbons (Fsp3) is 0.412. The van der Waals surface area contributed by atoms with E-state index in [-0.39, 0.29) is 30.5 Å². The molecule has 0 radical (unpaired) electrons. The van der Waals surface area contributed by atoms with Crippen LogP contribution in [0.4, 0.5) is 10.5 Å². The molecule has 9 nitrogen and oxygen atoms in total. The minimum Gasteiger partial charge on any atom is -0.460 e. The van der Waals surface area contributed by atoms with Gasteiger partial charge in [0.2, 0.25) is 0 Å². The molecule has 0 saturated carbocycles. The van der Waals surface area contributed by atoms with Crippen molar-refractivity contribution in [2.24, 2.45) is 0 Å². The van der Waals surface area contributed by atoms with Crippen LogP contribution >= 0.6 is 0 Å². The van der Waals surface area contributed by atoms with Gasteiger partial charge in [-0.1, -0.05) is 0 Å². The Morgan fingerprint density at radius 3 is 2.50 bits per heavy atom. The summed E-state index contributed by atoms with van der Waals surface area (Å²) in [6.45, 7) is 4.19. The van der Waals surface area contributed by atoms with E-state index in [4.69, 9.17) is 9.47 Å². The van der Waals surface area contributed by atoms with Crippen LogP contribution in [0.3, 0.4) is 0 Å². The molecule has 1 aliphatic rings. The molecule has 0 fully saturated rings. The fourth-order valence-corrected chi connectivity index (χ4v) is 2.76. The van der Waals surface area contributed by atoms with E-state index in [1.165, 1.54) is 36.3 Å². The summed E-state index contributed by atoms with van der Waals surface area (Å²) in [5.41, 5.74) is 1.26. The third kappa shape index (κ3) is 3.99. The number of hydrogen-bond acceptors (Lipinski definition) is 6. The average Bonchev–Trinajstić information content (AvgIpc) is 2.61. The first-order valence-corrected chi connectivity index (χ1v) is 8.09. The summed E-state index contributed by atoms with van der Waals surface area (Å²) in [6, 6.07) is 4.59. The Balaban J connectivity index is 2.40. The highest BCUT2D eigenvalue weighted by Crippen LogP contribution is 2.32. The van der Waals surface area contributed by atoms with Gasteiger partial charge in [-0.3, -0.25) is 15.0 Å². The van der Waals surface area contributed by atoms with Gasteiger partial charge in [-0.2, -0.15) is 0 Å². The number of benzene rings is 1. The first-order valence-electron chi connectivity index (χ1n) is 8.09. The second-order valence-corrected chi connectivity index (χ2v) is 5.60. The number of rotatable bonds is 7. The number of non-ortho nitro benzene ring substituents is 1. The maximum Gasteiger partial charge on any atom is 0.338 e. The van der Waals surface area contributed by atoms with Gasteiger partial charge in [-0.05, 0) is 31.5 Å². The number of nitro benzene ring substituents is 1. The summed E-state index contributed by atoms with van der Waals surface area (Å²) in [5, 5.41) is 13.6. The number of amides is 2. The first kappa shape index (κ1) is 19.4. The second-order valence-electron chi connectivity index (χ2n) is 5.60. The van der Waals surface area contributed by atoms with Crippen LogP contribution in [0.1, 0.15) is 25.5 Å². The molecule has 9 heteroatoms. The van der Waals surface area contributed by atoms with Crippen molar-refractivity contribution in [2.45, 2.75) is 19.9 Å². The lowest BCUT2D eigenvalue weighted by atomic mass is 9.94. The third-order valence-corrected chi connectivity index (χ3v) is 4.09. The largest absolute Gasteiger partial charge is 0.460 e. The number of hydrogen-bond donors (Lipinski definition) is 1. The molecule has 0 unspecified atom stereocenters. The van der Waals surface area contributed by atoms with Crippen molar-refractivity contribution in [3.05, 3.63) is 51.2 Å². The maximum absolute atomic E-state index is 12.6. The number of ether oxygens (including phenoxy) is 2. The molecule has 1 atom stereocenters. The number of carbonyl (C=O) groups excluding carboxylic acids is 2. The van der Waals surface area contributed by atoms with E-state index in [1.54, 1.807) is 13.8 Å². The van der Waals surface area contributed by atoms with Crippen molar-refractivity contribution >= 4 is 17.7 Å². The summed E-state index contributed by atoms with van der Waals surface area (Å²) in [5.74, 6) is -0.568. The van der Waals surface area contributed by atoms with Gasteiger partial charge in [0.05, 0.1) is 23.1 Å². The van der Waals surface area contributed by atoms with Crippen LogP contribution in [0.25, 0.3) is 0 Å². The number of carbonyl (C=O) groups is 2. The van der Waals surface area contributed by atoms with Crippen LogP contribution in [0.2, 0.25) is 0 Å². The second kappa shape index (κ2) is 8.43. The van der Waals surface area contributed by atoms with Crippen LogP contribution < -0.4 is 5.32 Å². The van der Waals surface area contributed by atoms with E-state index >= 15 is 0 Å². The van der Waals surface area contributed by atoms with E-state index in [9.17, 15) is 19.7 Å². The van der Waals surface area contributed by atoms with Crippen molar-refractivity contribution in [1.82, 2.24) is 10.2 Å². The molecule has 0 saturated heterocycles. The Morgan fingerprint density at radius 1 is 1.31 bits per heavy atom. The van der Waals surface area contributed by atoms with Crippen molar-refractivity contribution in [1.29, 1.82) is 0 Å². The molecular weight excluding hydrogens is 342 g/mol. The quantitative estimate of drug-likeness (QED) is 0.344. The van der Waals surface area contributed by atoms with Crippen LogP contribution in [-0.2, 0) is 14.3 Å². The lowest BCUT2D eigenvalue weighted by Crippen LogP contribution is -2.47. The van der Waals surface area contributed by atoms with Crippen LogP contribution in [0, 0.1) is 10.1 Å². The van der Waals surface area contributed by atoms with Gasteiger partial charge in [-0.15, -0.1) is 0 Å². The summed E-state index contributed by atoms with van der Waals surface area (Å²) in [7, 11) is 1.50. The van der Waals surface area contributed by atoms with Gasteiger partial charge in [0.15, 0.2) is 0 Å². The standard InChI is InChI=1S/C17H21N3O6/c1-4-19-11(2)14(16(21)26-10-9-25-3)15(18-17(19)22)12-5-7-13(8-6-12)20(23)24/h5-8,15H,4,9-10H2,1-3H3,(H,18,22)/t15-/m0/s1. The van der Waals surface area contributed by atoms with E-state index in [2.05, 4.69) is 5.32 Å². The average molecular weight is 363 g/mol. The van der Waals surface area contributed by atoms with Gasteiger partial charge in [-0.25, -0.2) is 9.59 Å². The molecule has 26 heavy (non-hydrogen) atoms. The maximum atomic E-state index is 12.6. The third-order valence-electron chi connectivity index (χ3n) is 4.09. The number of nitrogens with one attached hydrogen (secondary N) is 1. The van der Waals surface area contributed by atoms with Gasteiger partial charge in [0, 0.05) is 31.5 Å². The molecule has 2 rings (SSSR count). The summed E-state index contributed by atoms with van der Waals surface area (Å²) >= 11 is 0. The highest BCUT2D eigenvalue weighted by Gasteiger charge is 2.36. The molecule has 2 amide bonds. The molecule has 0 aliphatic carbocycles. The predicted molar refractivity (Wildman–Crippen MR) is 92.3 cm³/mol. The zero-order valence-corrected chi connectivity index (χ0v) is 14.9. The molecule has 1 heterocycles. The van der Waals surface area contributed by atoms with Crippen LogP contribution in [0.15, 0.2) is 35.5 Å². The molecule has 1 aromatic carbocycles. The Hall–Kier alpha value is -2.94. The minimum absolute atomic E-state index is 0.0732. The first-order chi connectivity index (χ1) is 12.4. The van der Waals surface area contributed by atoms with Crippen molar-refractivity contribution in [3.63, 3.8) is 0 Å². The predicted octanol–water partition coefficient (Wildman–Crippen LogP) is 2.14. The Morgan fingerprint density at radius 2 is 1.96 bits per heavy atom. The van der Waals surface area contributed by atoms with E-state index in [0.717, 1.165) is 0 Å². The highest BCUT2D eigenvalue weighted by atomic mass is 16.6. The molecule has 0 bridgehead atoms. The number of urea groups is 1. The lowest BCUT2D eigenvalue weighted by Gasteiger charge is -2.34. The molecule has 0 aromatic heterocycles. The molecule has 0 spiro atoms. The van der Waals surface area contributed by atoms with Gasteiger partial charge in [0.25, 0.3) is 5.69 Å². The zero-order chi connectivity index (χ0) is 19.3. The Bertz CT molecular complexity index is 729. The van der Waals surface area contributed by atoms with Gasteiger partial charge in [0.1, 0.15) is 6.61 Å². The normalized spacial score (nSPS) is 17.1. The van der Waals surface area contributed by atoms with Gasteiger partial charge >= 0.3 is 12.0 Å². The Kier molecular flexibility index (Phi) is 6.29. The fourth-order valence-electron chi connectivity index (χ4n) is 2.76. The molecule has 1 N–H and O–H groups in total. The minimum atomic E-state index is -0.749. The summed E-state index contributed by atoms with van der Waals surface area (Å²) in [6.07, 6.45) is 0. The van der Waals surface area contributed by atoms with E-state index in [1.807, 2.05) is 0 Å². The van der Waals surface area contributed by atoms with Gasteiger partial charge < -0.3 is 14.8 Å². The van der Waals surface area contributed by atoms with Crippen molar-refractivity contribution in [2.75, 3.05) is 26.9 Å². The summed E-state index contributed by atoms with van der Waals surface area (Å²) < 4.78 is 10.1. The SMILES string of the molecule is CCN1C(=O)N[C@@H](c2ccc([N+](=O)[O-])cc2)C(C(=O)OCCOC)=C1C.